The van der Waals surface area contributed by atoms with Gasteiger partial charge in [0.2, 0.25) is 0 Å². The second kappa shape index (κ2) is 6.88. The van der Waals surface area contributed by atoms with E-state index in [1.54, 1.807) is 0 Å². The molecule has 0 saturated carbocycles. The first-order valence-corrected chi connectivity index (χ1v) is 9.44. The second-order valence-corrected chi connectivity index (χ2v) is 7.03. The standard InChI is InChI=1S/C15H21N5O3S/c1-2-23-13-5-3-4-12-14(13)17-10-18-15(12)20-8-6-11(7-9-20)19-24(16,21)22/h3-5,10-11,19H,2,6-9H2,1H3,(H2,16,21,22). The minimum absolute atomic E-state index is 0.136. The summed E-state index contributed by atoms with van der Waals surface area (Å²) >= 11 is 0. The Morgan fingerprint density at radius 1 is 1.33 bits per heavy atom. The predicted octanol–water partition coefficient (Wildman–Crippen LogP) is 0.790. The fraction of sp³-hybridized carbons (Fsp3) is 0.467. The molecule has 1 saturated heterocycles. The van der Waals surface area contributed by atoms with Gasteiger partial charge in [0.05, 0.1) is 6.61 Å². The zero-order valence-corrected chi connectivity index (χ0v) is 14.3. The van der Waals surface area contributed by atoms with Gasteiger partial charge >= 0.3 is 0 Å². The number of nitrogens with two attached hydrogens (primary N) is 1. The van der Waals surface area contributed by atoms with Gasteiger partial charge in [0.15, 0.2) is 0 Å². The summed E-state index contributed by atoms with van der Waals surface area (Å²) in [6.07, 6.45) is 2.88. The molecule has 0 atom stereocenters. The molecule has 1 aliphatic heterocycles. The molecular weight excluding hydrogens is 330 g/mol. The largest absolute Gasteiger partial charge is 0.492 e. The number of para-hydroxylation sites is 1. The Hall–Kier alpha value is -1.97. The Morgan fingerprint density at radius 3 is 2.75 bits per heavy atom. The highest BCUT2D eigenvalue weighted by Crippen LogP contribution is 2.30. The SMILES string of the molecule is CCOc1cccc2c(N3CCC(NS(N)(=O)=O)CC3)ncnc12. The zero-order chi connectivity index (χ0) is 17.2. The van der Waals surface area contributed by atoms with Crippen molar-refractivity contribution >= 4 is 26.9 Å². The van der Waals surface area contributed by atoms with Gasteiger partial charge in [-0.2, -0.15) is 13.1 Å². The van der Waals surface area contributed by atoms with Gasteiger partial charge in [0, 0.05) is 24.5 Å². The summed E-state index contributed by atoms with van der Waals surface area (Å²) in [5.41, 5.74) is 0.786. The van der Waals surface area contributed by atoms with Crippen molar-refractivity contribution in [3.63, 3.8) is 0 Å². The minimum atomic E-state index is -3.66. The number of piperidine rings is 1. The van der Waals surface area contributed by atoms with Gasteiger partial charge in [0.25, 0.3) is 10.2 Å². The van der Waals surface area contributed by atoms with Crippen LogP contribution < -0.4 is 19.5 Å². The number of hydrogen-bond acceptors (Lipinski definition) is 6. The van der Waals surface area contributed by atoms with Gasteiger partial charge in [-0.25, -0.2) is 15.1 Å². The summed E-state index contributed by atoms with van der Waals surface area (Å²) in [6, 6.07) is 5.66. The lowest BCUT2D eigenvalue weighted by Crippen LogP contribution is -2.46. The molecule has 0 aliphatic carbocycles. The smallest absolute Gasteiger partial charge is 0.274 e. The number of ether oxygens (including phenoxy) is 1. The normalized spacial score (nSPS) is 16.5. The summed E-state index contributed by atoms with van der Waals surface area (Å²) in [4.78, 5) is 10.9. The van der Waals surface area contributed by atoms with E-state index in [2.05, 4.69) is 19.6 Å². The molecule has 1 aliphatic rings. The van der Waals surface area contributed by atoms with E-state index < -0.39 is 10.2 Å². The molecule has 0 spiro atoms. The van der Waals surface area contributed by atoms with Gasteiger partial charge in [-0.15, -0.1) is 0 Å². The molecular formula is C15H21N5O3S. The topological polar surface area (TPSA) is 110 Å². The Kier molecular flexibility index (Phi) is 4.83. The second-order valence-electron chi connectivity index (χ2n) is 5.71. The molecule has 1 fully saturated rings. The number of rotatable bonds is 5. The Labute approximate surface area is 141 Å². The van der Waals surface area contributed by atoms with Crippen LogP contribution in [0, 0.1) is 0 Å². The summed E-state index contributed by atoms with van der Waals surface area (Å²) < 4.78 is 30.4. The van der Waals surface area contributed by atoms with E-state index in [0.717, 1.165) is 22.5 Å². The first-order chi connectivity index (χ1) is 11.5. The van der Waals surface area contributed by atoms with Crippen molar-refractivity contribution in [3.05, 3.63) is 24.5 Å². The monoisotopic (exact) mass is 351 g/mol. The van der Waals surface area contributed by atoms with Crippen LogP contribution in [0.25, 0.3) is 10.9 Å². The highest BCUT2D eigenvalue weighted by Gasteiger charge is 2.24. The van der Waals surface area contributed by atoms with Crippen molar-refractivity contribution < 1.29 is 13.2 Å². The number of fused-ring (bicyclic) bond motifs is 1. The number of aromatic nitrogens is 2. The molecule has 8 nitrogen and oxygen atoms in total. The first-order valence-electron chi connectivity index (χ1n) is 7.89. The fourth-order valence-electron chi connectivity index (χ4n) is 3.01. The average molecular weight is 351 g/mol. The van der Waals surface area contributed by atoms with Gasteiger partial charge in [-0.05, 0) is 31.9 Å². The van der Waals surface area contributed by atoms with Crippen LogP contribution in [0.1, 0.15) is 19.8 Å². The molecule has 0 radical (unpaired) electrons. The molecule has 1 aromatic carbocycles. The van der Waals surface area contributed by atoms with Crippen LogP contribution in [-0.4, -0.2) is 44.1 Å². The maximum absolute atomic E-state index is 11.1. The van der Waals surface area contributed by atoms with Crippen molar-refractivity contribution in [2.24, 2.45) is 5.14 Å². The molecule has 0 bridgehead atoms. The molecule has 2 heterocycles. The van der Waals surface area contributed by atoms with Crippen LogP contribution in [0.3, 0.4) is 0 Å². The lowest BCUT2D eigenvalue weighted by atomic mass is 10.1. The van der Waals surface area contributed by atoms with Gasteiger partial charge in [-0.3, -0.25) is 0 Å². The molecule has 2 aromatic rings. The van der Waals surface area contributed by atoms with Gasteiger partial charge in [-0.1, -0.05) is 6.07 Å². The molecule has 3 rings (SSSR count). The van der Waals surface area contributed by atoms with Gasteiger partial charge in [0.1, 0.15) is 23.4 Å². The highest BCUT2D eigenvalue weighted by atomic mass is 32.2. The van der Waals surface area contributed by atoms with Gasteiger partial charge < -0.3 is 9.64 Å². The predicted molar refractivity (Wildman–Crippen MR) is 92.2 cm³/mol. The third kappa shape index (κ3) is 3.74. The van der Waals surface area contributed by atoms with Crippen molar-refractivity contribution in [3.8, 4) is 5.75 Å². The molecule has 0 unspecified atom stereocenters. The quantitative estimate of drug-likeness (QED) is 0.824. The number of nitrogens with zero attached hydrogens (tertiary/aromatic N) is 3. The number of hydrogen-bond donors (Lipinski definition) is 2. The van der Waals surface area contributed by atoms with Crippen LogP contribution in [0.15, 0.2) is 24.5 Å². The number of benzene rings is 1. The molecule has 3 N–H and O–H groups in total. The number of anilines is 1. The van der Waals surface area contributed by atoms with Crippen molar-refractivity contribution in [1.82, 2.24) is 14.7 Å². The molecule has 130 valence electrons. The van der Waals surface area contributed by atoms with Crippen LogP contribution >= 0.6 is 0 Å². The van der Waals surface area contributed by atoms with Crippen LogP contribution in [0.5, 0.6) is 5.75 Å². The minimum Gasteiger partial charge on any atom is -0.492 e. The summed E-state index contributed by atoms with van der Waals surface area (Å²) in [7, 11) is -3.66. The molecule has 24 heavy (non-hydrogen) atoms. The van der Waals surface area contributed by atoms with E-state index in [-0.39, 0.29) is 6.04 Å². The zero-order valence-electron chi connectivity index (χ0n) is 13.5. The average Bonchev–Trinajstić information content (AvgIpc) is 2.54. The molecule has 1 aromatic heterocycles. The third-order valence-corrected chi connectivity index (χ3v) is 4.69. The first kappa shape index (κ1) is 16.9. The Morgan fingerprint density at radius 2 is 2.08 bits per heavy atom. The van der Waals surface area contributed by atoms with E-state index in [4.69, 9.17) is 9.88 Å². The molecule has 0 amide bonds. The van der Waals surface area contributed by atoms with Crippen LogP contribution in [0.2, 0.25) is 0 Å². The van der Waals surface area contributed by atoms with E-state index in [0.29, 0.717) is 32.5 Å². The summed E-state index contributed by atoms with van der Waals surface area (Å²) in [5.74, 6) is 1.58. The maximum Gasteiger partial charge on any atom is 0.274 e. The Bertz CT molecular complexity index is 819. The Balaban J connectivity index is 1.82. The molecule has 9 heteroatoms. The summed E-state index contributed by atoms with van der Waals surface area (Å²) in [6.45, 7) is 3.89. The van der Waals surface area contributed by atoms with Crippen LogP contribution in [-0.2, 0) is 10.2 Å². The lowest BCUT2D eigenvalue weighted by Gasteiger charge is -2.33. The number of nitrogens with one attached hydrogen (secondary N) is 1. The third-order valence-electron chi connectivity index (χ3n) is 4.03. The lowest BCUT2D eigenvalue weighted by molar-refractivity contribution is 0.343. The fourth-order valence-corrected chi connectivity index (χ4v) is 3.71. The summed E-state index contributed by atoms with van der Waals surface area (Å²) in [5, 5.41) is 5.98. The maximum atomic E-state index is 11.1. The van der Waals surface area contributed by atoms with Crippen LogP contribution in [0.4, 0.5) is 5.82 Å². The van der Waals surface area contributed by atoms with E-state index in [9.17, 15) is 8.42 Å². The van der Waals surface area contributed by atoms with Crippen molar-refractivity contribution in [2.75, 3.05) is 24.6 Å². The highest BCUT2D eigenvalue weighted by molar-refractivity contribution is 7.87. The van der Waals surface area contributed by atoms with E-state index >= 15 is 0 Å². The van der Waals surface area contributed by atoms with E-state index in [1.165, 1.54) is 6.33 Å². The van der Waals surface area contributed by atoms with Crippen molar-refractivity contribution in [2.45, 2.75) is 25.8 Å². The van der Waals surface area contributed by atoms with Crippen molar-refractivity contribution in [1.29, 1.82) is 0 Å². The van der Waals surface area contributed by atoms with E-state index in [1.807, 2.05) is 25.1 Å².